The highest BCUT2D eigenvalue weighted by molar-refractivity contribution is 7.88. The molecule has 10 nitrogen and oxygen atoms in total. The van der Waals surface area contributed by atoms with Crippen molar-refractivity contribution in [3.8, 4) is 11.3 Å². The SMILES string of the molecule is CCc1ccc(-c2oc3nc(CS(=O)(=O)NCCCC4(C(=O)O)CCOCC4)c(C4CC4)cc3c2C(=O)NC)cc1. The molecule has 0 bridgehead atoms. The van der Waals surface area contributed by atoms with Crippen molar-refractivity contribution in [3.05, 3.63) is 52.7 Å². The molecule has 1 saturated carbocycles. The maximum atomic E-state index is 13.1. The van der Waals surface area contributed by atoms with Crippen LogP contribution in [-0.4, -0.2) is 57.2 Å². The summed E-state index contributed by atoms with van der Waals surface area (Å²) in [5, 5.41) is 13.0. The molecule has 0 atom stereocenters. The van der Waals surface area contributed by atoms with Gasteiger partial charge in [0.15, 0.2) is 0 Å². The van der Waals surface area contributed by atoms with E-state index >= 15 is 0 Å². The van der Waals surface area contributed by atoms with Crippen LogP contribution in [0.25, 0.3) is 22.4 Å². The van der Waals surface area contributed by atoms with E-state index in [0.29, 0.717) is 61.3 Å². The van der Waals surface area contributed by atoms with E-state index in [1.54, 1.807) is 7.05 Å². The Morgan fingerprint density at radius 3 is 2.46 bits per heavy atom. The zero-order valence-corrected chi connectivity index (χ0v) is 24.3. The molecule has 220 valence electrons. The van der Waals surface area contributed by atoms with Gasteiger partial charge in [-0.15, -0.1) is 0 Å². The summed E-state index contributed by atoms with van der Waals surface area (Å²) in [6.45, 7) is 3.00. The number of carboxylic acid groups (broad SMARTS) is 1. The second-order valence-electron chi connectivity index (χ2n) is 11.0. The van der Waals surface area contributed by atoms with Gasteiger partial charge in [-0.25, -0.2) is 18.1 Å². The molecule has 2 aromatic heterocycles. The third kappa shape index (κ3) is 6.32. The molecule has 1 aromatic carbocycles. The van der Waals surface area contributed by atoms with Gasteiger partial charge in [-0.1, -0.05) is 31.2 Å². The van der Waals surface area contributed by atoms with Gasteiger partial charge >= 0.3 is 5.97 Å². The first-order valence-corrected chi connectivity index (χ1v) is 15.9. The van der Waals surface area contributed by atoms with Crippen LogP contribution in [0.3, 0.4) is 0 Å². The second-order valence-corrected chi connectivity index (χ2v) is 12.8. The Hall–Kier alpha value is -3.28. The first kappa shape index (κ1) is 29.2. The topological polar surface area (TPSA) is 148 Å². The Kier molecular flexibility index (Phi) is 8.49. The van der Waals surface area contributed by atoms with Crippen molar-refractivity contribution in [1.29, 1.82) is 0 Å². The molecule has 1 aliphatic carbocycles. The number of amides is 1. The maximum absolute atomic E-state index is 13.1. The lowest BCUT2D eigenvalue weighted by atomic mass is 9.76. The lowest BCUT2D eigenvalue weighted by Crippen LogP contribution is -2.38. The van der Waals surface area contributed by atoms with Crippen LogP contribution < -0.4 is 10.0 Å². The lowest BCUT2D eigenvalue weighted by Gasteiger charge is -2.33. The third-order valence-electron chi connectivity index (χ3n) is 8.28. The van der Waals surface area contributed by atoms with E-state index in [2.05, 4.69) is 21.9 Å². The molecule has 5 rings (SSSR count). The smallest absolute Gasteiger partial charge is 0.309 e. The second kappa shape index (κ2) is 11.9. The number of furan rings is 1. The van der Waals surface area contributed by atoms with Gasteiger partial charge in [0, 0.05) is 32.4 Å². The van der Waals surface area contributed by atoms with E-state index in [1.165, 1.54) is 0 Å². The van der Waals surface area contributed by atoms with Crippen LogP contribution in [0, 0.1) is 5.41 Å². The minimum Gasteiger partial charge on any atom is -0.481 e. The van der Waals surface area contributed by atoms with E-state index in [4.69, 9.17) is 9.15 Å². The fraction of sp³-hybridized carbons (Fsp3) is 0.500. The number of rotatable bonds is 12. The number of benzene rings is 1. The minimum absolute atomic E-state index is 0.138. The number of nitrogens with one attached hydrogen (secondary N) is 2. The van der Waals surface area contributed by atoms with Gasteiger partial charge in [-0.2, -0.15) is 0 Å². The Bertz CT molecular complexity index is 1540. The number of fused-ring (bicyclic) bond motifs is 1. The number of carboxylic acids is 1. The average molecular weight is 584 g/mol. The predicted octanol–water partition coefficient (Wildman–Crippen LogP) is 4.38. The van der Waals surface area contributed by atoms with Crippen LogP contribution >= 0.6 is 0 Å². The number of aryl methyl sites for hydroxylation is 1. The molecule has 2 aliphatic rings. The van der Waals surface area contributed by atoms with Crippen LogP contribution in [0.5, 0.6) is 0 Å². The summed E-state index contributed by atoms with van der Waals surface area (Å²) in [6, 6.07) is 9.67. The van der Waals surface area contributed by atoms with Gasteiger partial charge < -0.3 is 19.6 Å². The third-order valence-corrected chi connectivity index (χ3v) is 9.57. The first-order chi connectivity index (χ1) is 19.7. The molecule has 1 aliphatic heterocycles. The largest absolute Gasteiger partial charge is 0.481 e. The lowest BCUT2D eigenvalue weighted by molar-refractivity contribution is -0.155. The van der Waals surface area contributed by atoms with E-state index in [0.717, 1.165) is 36.0 Å². The molecule has 1 amide bonds. The van der Waals surface area contributed by atoms with Crippen molar-refractivity contribution in [2.75, 3.05) is 26.8 Å². The number of hydrogen-bond acceptors (Lipinski definition) is 7. The van der Waals surface area contributed by atoms with E-state index < -0.39 is 21.4 Å². The Balaban J connectivity index is 1.39. The summed E-state index contributed by atoms with van der Waals surface area (Å²) in [7, 11) is -2.20. The summed E-state index contributed by atoms with van der Waals surface area (Å²) < 4.78 is 40.3. The fourth-order valence-corrected chi connectivity index (χ4v) is 6.75. The summed E-state index contributed by atoms with van der Waals surface area (Å²) >= 11 is 0. The number of hydrogen-bond donors (Lipinski definition) is 3. The highest BCUT2D eigenvalue weighted by Crippen LogP contribution is 2.44. The van der Waals surface area contributed by atoms with E-state index in [1.807, 2.05) is 30.3 Å². The van der Waals surface area contributed by atoms with Crippen molar-refractivity contribution in [1.82, 2.24) is 15.0 Å². The number of aliphatic carboxylic acids is 1. The van der Waals surface area contributed by atoms with Crippen molar-refractivity contribution >= 4 is 33.0 Å². The first-order valence-electron chi connectivity index (χ1n) is 14.2. The molecule has 3 N–H and O–H groups in total. The van der Waals surface area contributed by atoms with Crippen LogP contribution in [0.1, 0.15) is 78.5 Å². The highest BCUT2D eigenvalue weighted by Gasteiger charge is 2.39. The van der Waals surface area contributed by atoms with E-state index in [9.17, 15) is 23.1 Å². The minimum atomic E-state index is -3.76. The monoisotopic (exact) mass is 583 g/mol. The van der Waals surface area contributed by atoms with Gasteiger partial charge in [0.25, 0.3) is 5.91 Å². The van der Waals surface area contributed by atoms with Crippen LogP contribution in [-0.2, 0) is 31.7 Å². The predicted molar refractivity (Wildman–Crippen MR) is 154 cm³/mol. The summed E-state index contributed by atoms with van der Waals surface area (Å²) in [6.07, 6.45) is 4.37. The van der Waals surface area contributed by atoms with Crippen LogP contribution in [0.4, 0.5) is 0 Å². The molecule has 2 fully saturated rings. The number of carbonyl (C=O) groups is 2. The number of ether oxygens (including phenoxy) is 1. The number of pyridine rings is 1. The van der Waals surface area contributed by atoms with Crippen molar-refractivity contribution < 1.29 is 32.3 Å². The molecular formula is C30H37N3O7S. The molecule has 11 heteroatoms. The molecule has 0 radical (unpaired) electrons. The number of nitrogens with zero attached hydrogens (tertiary/aromatic N) is 1. The summed E-state index contributed by atoms with van der Waals surface area (Å²) in [4.78, 5) is 29.5. The van der Waals surface area contributed by atoms with Crippen LogP contribution in [0.15, 0.2) is 34.7 Å². The highest BCUT2D eigenvalue weighted by atomic mass is 32.2. The van der Waals surface area contributed by atoms with Gasteiger partial charge in [0.05, 0.1) is 22.1 Å². The number of aromatic nitrogens is 1. The maximum Gasteiger partial charge on any atom is 0.309 e. The molecule has 1 saturated heterocycles. The van der Waals surface area contributed by atoms with Gasteiger partial charge in [-0.3, -0.25) is 9.59 Å². The van der Waals surface area contributed by atoms with Gasteiger partial charge in [0.1, 0.15) is 11.5 Å². The van der Waals surface area contributed by atoms with Crippen LogP contribution in [0.2, 0.25) is 0 Å². The molecule has 3 heterocycles. The summed E-state index contributed by atoms with van der Waals surface area (Å²) in [5.74, 6) is -0.905. The average Bonchev–Trinajstić information content (AvgIpc) is 3.75. The molecule has 3 aromatic rings. The molecular weight excluding hydrogens is 546 g/mol. The fourth-order valence-electron chi connectivity index (χ4n) is 5.60. The number of carbonyl (C=O) groups excluding carboxylic acids is 1. The molecule has 0 spiro atoms. The quantitative estimate of drug-likeness (QED) is 0.266. The Morgan fingerprint density at radius 1 is 1.15 bits per heavy atom. The Morgan fingerprint density at radius 2 is 1.85 bits per heavy atom. The van der Waals surface area contributed by atoms with Crippen molar-refractivity contribution in [3.63, 3.8) is 0 Å². The standard InChI is InChI=1S/C30H37N3O7S/c1-3-19-5-7-21(8-6-19)26-25(27(34)31-2)23-17-22(20-9-10-20)24(33-28(23)40-26)18-41(37,38)32-14-4-11-30(29(35)36)12-15-39-16-13-30/h5-8,17,20,32H,3-4,9-16,18H2,1-2H3,(H,31,34)(H,35,36). The number of sulfonamides is 1. The Labute approximate surface area is 239 Å². The van der Waals surface area contributed by atoms with Crippen molar-refractivity contribution in [2.45, 2.75) is 63.5 Å². The molecule has 41 heavy (non-hydrogen) atoms. The summed E-state index contributed by atoms with van der Waals surface area (Å²) in [5.41, 5.74) is 2.85. The zero-order valence-electron chi connectivity index (χ0n) is 23.5. The van der Waals surface area contributed by atoms with Gasteiger partial charge in [0.2, 0.25) is 15.7 Å². The van der Waals surface area contributed by atoms with Crippen molar-refractivity contribution in [2.24, 2.45) is 5.41 Å². The van der Waals surface area contributed by atoms with E-state index in [-0.39, 0.29) is 29.8 Å². The zero-order chi connectivity index (χ0) is 29.2. The normalized spacial score (nSPS) is 17.0. The van der Waals surface area contributed by atoms with Gasteiger partial charge in [-0.05, 0) is 68.1 Å². The molecule has 0 unspecified atom stereocenters.